The van der Waals surface area contributed by atoms with Crippen molar-refractivity contribution in [1.29, 1.82) is 0 Å². The molecule has 2 aromatic heterocycles. The molecule has 1 aromatic carbocycles. The standard InChI is InChI=1S/C22H28N4O2/c1-5-8-18-21(26-14-7-6-9-20(26)24-18)22(27)23-15-19(25(2)3)16-10-12-17(28-4)13-11-16/h6-7,9-14,19H,5,8,15H2,1-4H3,(H,23,27). The van der Waals surface area contributed by atoms with Gasteiger partial charge in [0.25, 0.3) is 5.91 Å². The zero-order valence-electron chi connectivity index (χ0n) is 17.0. The maximum Gasteiger partial charge on any atom is 0.270 e. The Hall–Kier alpha value is -2.86. The number of likely N-dealkylation sites (N-methyl/N-ethyl adjacent to an activating group) is 1. The second-order valence-electron chi connectivity index (χ2n) is 7.05. The molecule has 2 heterocycles. The van der Waals surface area contributed by atoms with Crippen molar-refractivity contribution in [3.63, 3.8) is 0 Å². The monoisotopic (exact) mass is 380 g/mol. The van der Waals surface area contributed by atoms with E-state index in [1.807, 2.05) is 67.2 Å². The van der Waals surface area contributed by atoms with Crippen LogP contribution in [0.4, 0.5) is 0 Å². The summed E-state index contributed by atoms with van der Waals surface area (Å²) in [7, 11) is 5.68. The number of imidazole rings is 1. The summed E-state index contributed by atoms with van der Waals surface area (Å²) in [5, 5.41) is 3.11. The molecule has 0 aliphatic rings. The zero-order chi connectivity index (χ0) is 20.1. The maximum atomic E-state index is 13.1. The number of pyridine rings is 1. The smallest absolute Gasteiger partial charge is 0.270 e. The second-order valence-corrected chi connectivity index (χ2v) is 7.05. The van der Waals surface area contributed by atoms with Gasteiger partial charge < -0.3 is 15.0 Å². The number of aryl methyl sites for hydroxylation is 1. The van der Waals surface area contributed by atoms with E-state index >= 15 is 0 Å². The first-order valence-electron chi connectivity index (χ1n) is 9.59. The zero-order valence-corrected chi connectivity index (χ0v) is 17.0. The van der Waals surface area contributed by atoms with Crippen molar-refractivity contribution in [3.05, 3.63) is 65.6 Å². The normalized spacial score (nSPS) is 12.3. The molecule has 1 amide bonds. The molecule has 0 fully saturated rings. The van der Waals surface area contributed by atoms with Crippen LogP contribution >= 0.6 is 0 Å². The van der Waals surface area contributed by atoms with E-state index < -0.39 is 0 Å². The third-order valence-electron chi connectivity index (χ3n) is 4.88. The first-order chi connectivity index (χ1) is 13.5. The Morgan fingerprint density at radius 2 is 1.96 bits per heavy atom. The first kappa shape index (κ1) is 19.9. The molecule has 3 rings (SSSR count). The highest BCUT2D eigenvalue weighted by Gasteiger charge is 2.21. The summed E-state index contributed by atoms with van der Waals surface area (Å²) >= 11 is 0. The topological polar surface area (TPSA) is 58.9 Å². The number of rotatable bonds is 8. The molecular formula is C22H28N4O2. The summed E-state index contributed by atoms with van der Waals surface area (Å²) in [4.78, 5) is 19.8. The van der Waals surface area contributed by atoms with Gasteiger partial charge in [0.2, 0.25) is 0 Å². The van der Waals surface area contributed by atoms with E-state index in [-0.39, 0.29) is 11.9 Å². The highest BCUT2D eigenvalue weighted by atomic mass is 16.5. The summed E-state index contributed by atoms with van der Waals surface area (Å²) in [5.74, 6) is 0.725. The van der Waals surface area contributed by atoms with Gasteiger partial charge in [0.05, 0.1) is 18.8 Å². The number of fused-ring (bicyclic) bond motifs is 1. The van der Waals surface area contributed by atoms with Gasteiger partial charge in [-0.3, -0.25) is 9.20 Å². The van der Waals surface area contributed by atoms with Crippen LogP contribution in [0.5, 0.6) is 5.75 Å². The molecule has 0 radical (unpaired) electrons. The number of benzene rings is 1. The largest absolute Gasteiger partial charge is 0.497 e. The third-order valence-corrected chi connectivity index (χ3v) is 4.88. The molecule has 0 aliphatic heterocycles. The average Bonchev–Trinajstić information content (AvgIpc) is 3.06. The Morgan fingerprint density at radius 1 is 1.21 bits per heavy atom. The van der Waals surface area contributed by atoms with Crippen LogP contribution in [0.2, 0.25) is 0 Å². The minimum Gasteiger partial charge on any atom is -0.497 e. The SMILES string of the molecule is CCCc1nc2ccccn2c1C(=O)NCC(c1ccc(OC)cc1)N(C)C. The number of ether oxygens (including phenoxy) is 1. The summed E-state index contributed by atoms with van der Waals surface area (Å²) < 4.78 is 7.11. The fourth-order valence-electron chi connectivity index (χ4n) is 3.39. The summed E-state index contributed by atoms with van der Waals surface area (Å²) in [6.45, 7) is 2.60. The summed E-state index contributed by atoms with van der Waals surface area (Å²) in [6.07, 6.45) is 3.61. The second kappa shape index (κ2) is 8.89. The number of nitrogens with one attached hydrogen (secondary N) is 1. The lowest BCUT2D eigenvalue weighted by Crippen LogP contribution is -2.35. The maximum absolute atomic E-state index is 13.1. The highest BCUT2D eigenvalue weighted by molar-refractivity contribution is 5.94. The van der Waals surface area contributed by atoms with E-state index in [0.29, 0.717) is 12.2 Å². The van der Waals surface area contributed by atoms with Crippen molar-refractivity contribution >= 4 is 11.6 Å². The van der Waals surface area contributed by atoms with Crippen LogP contribution in [0.15, 0.2) is 48.7 Å². The van der Waals surface area contributed by atoms with Gasteiger partial charge in [0.1, 0.15) is 17.1 Å². The number of amides is 1. The van der Waals surface area contributed by atoms with Gasteiger partial charge in [-0.2, -0.15) is 0 Å². The molecule has 3 aromatic rings. The van der Waals surface area contributed by atoms with Crippen LogP contribution in [0.25, 0.3) is 5.65 Å². The lowest BCUT2D eigenvalue weighted by molar-refractivity contribution is 0.0935. The minimum absolute atomic E-state index is 0.0590. The fourth-order valence-corrected chi connectivity index (χ4v) is 3.39. The van der Waals surface area contributed by atoms with E-state index in [1.54, 1.807) is 7.11 Å². The Labute approximate surface area is 166 Å². The molecule has 1 atom stereocenters. The Morgan fingerprint density at radius 3 is 2.61 bits per heavy atom. The van der Waals surface area contributed by atoms with E-state index in [2.05, 4.69) is 22.1 Å². The highest BCUT2D eigenvalue weighted by Crippen LogP contribution is 2.21. The fraction of sp³-hybridized carbons (Fsp3) is 0.364. The van der Waals surface area contributed by atoms with Crippen LogP contribution in [0.3, 0.4) is 0 Å². The number of hydrogen-bond acceptors (Lipinski definition) is 4. The van der Waals surface area contributed by atoms with Crippen LogP contribution in [-0.4, -0.2) is 47.9 Å². The van der Waals surface area contributed by atoms with Gasteiger partial charge in [-0.1, -0.05) is 31.5 Å². The number of carbonyl (C=O) groups excluding carboxylic acids is 1. The van der Waals surface area contributed by atoms with E-state index in [9.17, 15) is 4.79 Å². The molecule has 0 bridgehead atoms. The van der Waals surface area contributed by atoms with Crippen molar-refractivity contribution in [1.82, 2.24) is 19.6 Å². The summed E-state index contributed by atoms with van der Waals surface area (Å²) in [5.41, 5.74) is 3.40. The van der Waals surface area contributed by atoms with Crippen molar-refractivity contribution in [2.45, 2.75) is 25.8 Å². The molecular weight excluding hydrogens is 352 g/mol. The molecule has 0 saturated carbocycles. The van der Waals surface area contributed by atoms with Gasteiger partial charge in [-0.05, 0) is 50.3 Å². The molecule has 6 heteroatoms. The summed E-state index contributed by atoms with van der Waals surface area (Å²) in [6, 6.07) is 13.8. The predicted molar refractivity (Wildman–Crippen MR) is 111 cm³/mol. The van der Waals surface area contributed by atoms with Crippen LogP contribution in [-0.2, 0) is 6.42 Å². The van der Waals surface area contributed by atoms with E-state index in [1.165, 1.54) is 0 Å². The number of hydrogen-bond donors (Lipinski definition) is 1. The van der Waals surface area contributed by atoms with Crippen LogP contribution < -0.4 is 10.1 Å². The van der Waals surface area contributed by atoms with Crippen molar-refractivity contribution in [3.8, 4) is 5.75 Å². The first-order valence-corrected chi connectivity index (χ1v) is 9.59. The van der Waals surface area contributed by atoms with Crippen LogP contribution in [0, 0.1) is 0 Å². The molecule has 0 spiro atoms. The van der Waals surface area contributed by atoms with E-state index in [0.717, 1.165) is 35.5 Å². The van der Waals surface area contributed by atoms with Gasteiger partial charge in [-0.25, -0.2) is 4.98 Å². The Kier molecular flexibility index (Phi) is 6.31. The molecule has 1 unspecified atom stereocenters. The van der Waals surface area contributed by atoms with Gasteiger partial charge in [0.15, 0.2) is 0 Å². The molecule has 0 saturated heterocycles. The molecule has 0 aliphatic carbocycles. The Bertz CT molecular complexity index is 931. The van der Waals surface area contributed by atoms with Gasteiger partial charge in [-0.15, -0.1) is 0 Å². The average molecular weight is 380 g/mol. The molecule has 6 nitrogen and oxygen atoms in total. The lowest BCUT2D eigenvalue weighted by Gasteiger charge is -2.25. The van der Waals surface area contributed by atoms with Crippen molar-refractivity contribution < 1.29 is 9.53 Å². The quantitative estimate of drug-likeness (QED) is 0.651. The lowest BCUT2D eigenvalue weighted by atomic mass is 10.1. The van der Waals surface area contributed by atoms with Gasteiger partial charge in [0, 0.05) is 12.7 Å². The molecule has 28 heavy (non-hydrogen) atoms. The molecule has 148 valence electrons. The predicted octanol–water partition coefficient (Wildman–Crippen LogP) is 3.33. The Balaban J connectivity index is 1.81. The number of methoxy groups -OCH3 is 1. The van der Waals surface area contributed by atoms with Crippen molar-refractivity contribution in [2.75, 3.05) is 27.7 Å². The molecule has 1 N–H and O–H groups in total. The van der Waals surface area contributed by atoms with E-state index in [4.69, 9.17) is 4.74 Å². The number of nitrogens with zero attached hydrogens (tertiary/aromatic N) is 3. The minimum atomic E-state index is -0.0949. The van der Waals surface area contributed by atoms with Crippen LogP contribution in [0.1, 0.15) is 41.1 Å². The van der Waals surface area contributed by atoms with Crippen molar-refractivity contribution in [2.24, 2.45) is 0 Å². The number of aromatic nitrogens is 2. The number of carbonyl (C=O) groups is 1. The van der Waals surface area contributed by atoms with Gasteiger partial charge >= 0.3 is 0 Å². The third kappa shape index (κ3) is 4.17.